The van der Waals surface area contributed by atoms with Gasteiger partial charge in [0.25, 0.3) is 5.91 Å². The van der Waals surface area contributed by atoms with Crippen LogP contribution in [0, 0.1) is 0 Å². The van der Waals surface area contributed by atoms with Gasteiger partial charge in [0.1, 0.15) is 12.2 Å². The van der Waals surface area contributed by atoms with Crippen LogP contribution in [0.15, 0.2) is 0 Å². The number of epoxide rings is 1. The highest BCUT2D eigenvalue weighted by atomic mass is 16.8. The number of rotatable bonds is 0. The number of hydrogen-bond donors (Lipinski definition) is 0. The lowest BCUT2D eigenvalue weighted by Gasteiger charge is -2.36. The van der Waals surface area contributed by atoms with E-state index in [0.29, 0.717) is 0 Å². The molecule has 0 aliphatic carbocycles. The summed E-state index contributed by atoms with van der Waals surface area (Å²) >= 11 is 0. The molecule has 16 heavy (non-hydrogen) atoms. The first-order chi connectivity index (χ1) is 7.55. The van der Waals surface area contributed by atoms with E-state index in [2.05, 4.69) is 0 Å². The van der Waals surface area contributed by atoms with E-state index in [1.54, 1.807) is 0 Å². The van der Waals surface area contributed by atoms with E-state index >= 15 is 0 Å². The molecule has 4 aliphatic rings. The Bertz CT molecular complexity index is 369. The molecule has 4 saturated heterocycles. The third kappa shape index (κ3) is 1.08. The van der Waals surface area contributed by atoms with Crippen LogP contribution in [0.1, 0.15) is 20.3 Å². The molecule has 88 valence electrons. The molecule has 0 spiro atoms. The standard InChI is InChI=1S/C11H15NO4/c1-11(2)15-6-3-5-8-7(14-8)4-12(5)10(13)9(6)16-11/h5-9H,3-4H2,1-2H3/t5-,6+,7-,8+,9+/m0/s1. The molecule has 0 aromatic rings. The third-order valence-electron chi connectivity index (χ3n) is 3.96. The molecule has 5 heteroatoms. The van der Waals surface area contributed by atoms with Crippen LogP contribution in [0.2, 0.25) is 0 Å². The molecule has 0 radical (unpaired) electrons. The van der Waals surface area contributed by atoms with Crippen LogP contribution in [0.25, 0.3) is 0 Å². The Labute approximate surface area is 93.6 Å². The summed E-state index contributed by atoms with van der Waals surface area (Å²) in [5.74, 6) is -0.545. The lowest BCUT2D eigenvalue weighted by Crippen LogP contribution is -2.55. The first-order valence-corrected chi connectivity index (χ1v) is 5.87. The van der Waals surface area contributed by atoms with E-state index < -0.39 is 11.9 Å². The second-order valence-corrected chi connectivity index (χ2v) is 5.53. The summed E-state index contributed by atoms with van der Waals surface area (Å²) in [5, 5.41) is 0. The zero-order valence-corrected chi connectivity index (χ0v) is 9.38. The highest BCUT2D eigenvalue weighted by Crippen LogP contribution is 2.45. The van der Waals surface area contributed by atoms with Gasteiger partial charge in [0, 0.05) is 0 Å². The average molecular weight is 225 g/mol. The van der Waals surface area contributed by atoms with Crippen LogP contribution in [0.3, 0.4) is 0 Å². The number of amides is 1. The smallest absolute Gasteiger partial charge is 0.254 e. The fourth-order valence-corrected chi connectivity index (χ4v) is 3.28. The maximum atomic E-state index is 12.2. The molecule has 5 atom stereocenters. The fraction of sp³-hybridized carbons (Fsp3) is 0.909. The number of nitrogens with zero attached hydrogens (tertiary/aromatic N) is 1. The SMILES string of the molecule is CC1(C)O[C@@H]2C[C@H]3[C@H]4O[C@H]4CN3C(=O)[C@@H]2O1. The molecule has 0 aromatic heterocycles. The van der Waals surface area contributed by atoms with Crippen molar-refractivity contribution in [2.75, 3.05) is 6.54 Å². The van der Waals surface area contributed by atoms with Gasteiger partial charge in [-0.15, -0.1) is 0 Å². The number of carbonyl (C=O) groups excluding carboxylic acids is 1. The van der Waals surface area contributed by atoms with Gasteiger partial charge >= 0.3 is 0 Å². The van der Waals surface area contributed by atoms with Crippen molar-refractivity contribution in [3.8, 4) is 0 Å². The van der Waals surface area contributed by atoms with E-state index in [0.717, 1.165) is 13.0 Å². The van der Waals surface area contributed by atoms with Crippen LogP contribution in [0.5, 0.6) is 0 Å². The highest BCUT2D eigenvalue weighted by molar-refractivity contribution is 5.84. The molecule has 0 aromatic carbocycles. The van der Waals surface area contributed by atoms with Gasteiger partial charge in [-0.1, -0.05) is 0 Å². The third-order valence-corrected chi connectivity index (χ3v) is 3.96. The van der Waals surface area contributed by atoms with E-state index in [-0.39, 0.29) is 30.3 Å². The Morgan fingerprint density at radius 1 is 1.31 bits per heavy atom. The van der Waals surface area contributed by atoms with Gasteiger partial charge in [-0.2, -0.15) is 0 Å². The average Bonchev–Trinajstić information content (AvgIpc) is 2.77. The molecule has 5 nitrogen and oxygen atoms in total. The number of hydrogen-bond acceptors (Lipinski definition) is 4. The van der Waals surface area contributed by atoms with Gasteiger partial charge in [0.05, 0.1) is 18.7 Å². The number of piperidine rings is 1. The van der Waals surface area contributed by atoms with Gasteiger partial charge in [-0.25, -0.2) is 0 Å². The van der Waals surface area contributed by atoms with E-state index in [1.165, 1.54) is 0 Å². The monoisotopic (exact) mass is 225 g/mol. The van der Waals surface area contributed by atoms with Crippen molar-refractivity contribution >= 4 is 5.91 Å². The van der Waals surface area contributed by atoms with Crippen molar-refractivity contribution in [1.29, 1.82) is 0 Å². The fourth-order valence-electron chi connectivity index (χ4n) is 3.28. The van der Waals surface area contributed by atoms with E-state index in [4.69, 9.17) is 14.2 Å². The lowest BCUT2D eigenvalue weighted by molar-refractivity contribution is -0.160. The van der Waals surface area contributed by atoms with E-state index in [9.17, 15) is 4.79 Å². The molecule has 4 aliphatic heterocycles. The van der Waals surface area contributed by atoms with Gasteiger partial charge in [-0.3, -0.25) is 4.79 Å². The Hall–Kier alpha value is -0.650. The van der Waals surface area contributed by atoms with Crippen molar-refractivity contribution in [1.82, 2.24) is 4.90 Å². The van der Waals surface area contributed by atoms with Crippen molar-refractivity contribution in [3.63, 3.8) is 0 Å². The normalized spacial score (nSPS) is 52.2. The zero-order chi connectivity index (χ0) is 11.1. The topological polar surface area (TPSA) is 51.3 Å². The maximum absolute atomic E-state index is 12.2. The van der Waals surface area contributed by atoms with Crippen molar-refractivity contribution in [3.05, 3.63) is 0 Å². The maximum Gasteiger partial charge on any atom is 0.254 e. The minimum atomic E-state index is -0.630. The molecule has 0 bridgehead atoms. The highest BCUT2D eigenvalue weighted by Gasteiger charge is 2.63. The number of fused-ring (bicyclic) bond motifs is 4. The molecule has 0 saturated carbocycles. The Morgan fingerprint density at radius 3 is 2.94 bits per heavy atom. The summed E-state index contributed by atoms with van der Waals surface area (Å²) in [4.78, 5) is 14.1. The van der Waals surface area contributed by atoms with Crippen LogP contribution in [-0.2, 0) is 19.0 Å². The molecular formula is C11H15NO4. The van der Waals surface area contributed by atoms with Crippen LogP contribution < -0.4 is 0 Å². The number of ether oxygens (including phenoxy) is 3. The molecule has 0 N–H and O–H groups in total. The molecule has 4 heterocycles. The van der Waals surface area contributed by atoms with Gasteiger partial charge < -0.3 is 19.1 Å². The molecule has 1 amide bonds. The summed E-state index contributed by atoms with van der Waals surface area (Å²) in [7, 11) is 0. The minimum Gasteiger partial charge on any atom is -0.365 e. The summed E-state index contributed by atoms with van der Waals surface area (Å²) < 4.78 is 16.9. The van der Waals surface area contributed by atoms with Gasteiger partial charge in [0.15, 0.2) is 11.9 Å². The summed E-state index contributed by atoms with van der Waals surface area (Å²) in [6.07, 6.45) is 0.898. The second kappa shape index (κ2) is 2.60. The van der Waals surface area contributed by atoms with E-state index in [1.807, 2.05) is 18.7 Å². The predicted molar refractivity (Wildman–Crippen MR) is 52.6 cm³/mol. The first-order valence-electron chi connectivity index (χ1n) is 5.87. The van der Waals surface area contributed by atoms with Crippen LogP contribution >= 0.6 is 0 Å². The second-order valence-electron chi connectivity index (χ2n) is 5.53. The number of morpholine rings is 1. The van der Waals surface area contributed by atoms with Gasteiger partial charge in [-0.05, 0) is 20.3 Å². The summed E-state index contributed by atoms with van der Waals surface area (Å²) in [6.45, 7) is 4.46. The molecule has 0 unspecified atom stereocenters. The molecule has 4 fully saturated rings. The van der Waals surface area contributed by atoms with Gasteiger partial charge in [0.2, 0.25) is 0 Å². The predicted octanol–water partition coefficient (Wildman–Crippen LogP) is -0.112. The van der Waals surface area contributed by atoms with Crippen LogP contribution in [0.4, 0.5) is 0 Å². The Kier molecular flexibility index (Phi) is 1.53. The lowest BCUT2D eigenvalue weighted by atomic mass is 9.97. The summed E-state index contributed by atoms with van der Waals surface area (Å²) in [6, 6.07) is 0.219. The summed E-state index contributed by atoms with van der Waals surface area (Å²) in [5.41, 5.74) is 0. The number of carbonyl (C=O) groups is 1. The van der Waals surface area contributed by atoms with Crippen molar-refractivity contribution in [2.24, 2.45) is 0 Å². The first kappa shape index (κ1) is 9.39. The van der Waals surface area contributed by atoms with Crippen molar-refractivity contribution < 1.29 is 19.0 Å². The molecule has 4 rings (SSSR count). The Morgan fingerprint density at radius 2 is 2.12 bits per heavy atom. The zero-order valence-electron chi connectivity index (χ0n) is 9.38. The largest absolute Gasteiger partial charge is 0.365 e. The quantitative estimate of drug-likeness (QED) is 0.540. The minimum absolute atomic E-state index is 0.0858. The molecular weight excluding hydrogens is 210 g/mol. The Balaban J connectivity index is 1.64. The van der Waals surface area contributed by atoms with Crippen LogP contribution in [-0.4, -0.2) is 53.6 Å². The van der Waals surface area contributed by atoms with Crippen molar-refractivity contribution in [2.45, 2.75) is 56.5 Å².